The number of allylic oxidation sites excluding steroid dienone is 4. The van der Waals surface area contributed by atoms with E-state index in [1.54, 1.807) is 0 Å². The fourth-order valence-electron chi connectivity index (χ4n) is 1.69. The summed E-state index contributed by atoms with van der Waals surface area (Å²) in [7, 11) is 0. The van der Waals surface area contributed by atoms with Gasteiger partial charge in [0, 0.05) is 0 Å². The molecule has 0 rings (SSSR count). The summed E-state index contributed by atoms with van der Waals surface area (Å²) < 4.78 is 0. The first-order chi connectivity index (χ1) is 7.91. The largest absolute Gasteiger partial charge is 0.0885 e. The molecule has 0 nitrogen and oxygen atoms in total. The molecule has 0 N–H and O–H groups in total. The van der Waals surface area contributed by atoms with E-state index in [0.717, 1.165) is 0 Å². The normalized spacial score (nSPS) is 11.9. The van der Waals surface area contributed by atoms with Crippen LogP contribution in [0.2, 0.25) is 0 Å². The second kappa shape index (κ2) is 14.5. The Labute approximate surface area is 103 Å². The predicted octanol–water partition coefficient (Wildman–Crippen LogP) is 6.04. The Bertz CT molecular complexity index is 145. The van der Waals surface area contributed by atoms with Gasteiger partial charge in [0.15, 0.2) is 0 Å². The Hall–Kier alpha value is -0.520. The molecule has 16 heavy (non-hydrogen) atoms. The van der Waals surface area contributed by atoms with Crippen molar-refractivity contribution in [3.05, 3.63) is 24.3 Å². The Kier molecular flexibility index (Phi) is 14.0. The molecule has 0 aromatic carbocycles. The summed E-state index contributed by atoms with van der Waals surface area (Å²) in [5, 5.41) is 0. The smallest absolute Gasteiger partial charge is 0.0316 e. The van der Waals surface area contributed by atoms with E-state index in [2.05, 4.69) is 38.2 Å². The summed E-state index contributed by atoms with van der Waals surface area (Å²) in [4.78, 5) is 0. The Morgan fingerprint density at radius 1 is 0.500 bits per heavy atom. The van der Waals surface area contributed by atoms with E-state index in [1.807, 2.05) is 0 Å². The third-order valence-corrected chi connectivity index (χ3v) is 2.78. The van der Waals surface area contributed by atoms with E-state index in [4.69, 9.17) is 0 Å². The molecule has 0 saturated heterocycles. The molecule has 94 valence electrons. The lowest BCUT2D eigenvalue weighted by molar-refractivity contribution is 0.726. The van der Waals surface area contributed by atoms with Crippen molar-refractivity contribution in [1.29, 1.82) is 0 Å². The molecule has 0 aliphatic heterocycles. The van der Waals surface area contributed by atoms with Crippen LogP contribution in [-0.2, 0) is 0 Å². The summed E-state index contributed by atoms with van der Waals surface area (Å²) in [5.74, 6) is 0. The van der Waals surface area contributed by atoms with Gasteiger partial charge >= 0.3 is 0 Å². The van der Waals surface area contributed by atoms with Crippen LogP contribution in [0.15, 0.2) is 24.3 Å². The highest BCUT2D eigenvalue weighted by atomic mass is 13.9. The van der Waals surface area contributed by atoms with E-state index in [0.29, 0.717) is 0 Å². The molecule has 0 aromatic heterocycles. The molecule has 0 radical (unpaired) electrons. The van der Waals surface area contributed by atoms with Crippen LogP contribution in [0, 0.1) is 0 Å². The number of unbranched alkanes of at least 4 members (excludes halogenated alkanes) is 7. The molecule has 0 bridgehead atoms. The van der Waals surface area contributed by atoms with Crippen molar-refractivity contribution in [2.75, 3.05) is 0 Å². The first-order valence-electron chi connectivity index (χ1n) is 7.21. The molecule has 0 spiro atoms. The van der Waals surface area contributed by atoms with Crippen LogP contribution in [0.1, 0.15) is 78.1 Å². The SMILES string of the molecule is CCCCC/C=C/CC/C=C/CCCCC. The standard InChI is InChI=1S/C16H30/c1-3-5-7-9-11-13-15-16-14-12-10-8-6-4-2/h11-14H,3-10,15-16H2,1-2H3/b13-11+,14-12+. The molecule has 0 aliphatic carbocycles. The van der Waals surface area contributed by atoms with Gasteiger partial charge in [-0.05, 0) is 38.5 Å². The predicted molar refractivity (Wildman–Crippen MR) is 75.8 cm³/mol. The van der Waals surface area contributed by atoms with Crippen molar-refractivity contribution in [3.8, 4) is 0 Å². The summed E-state index contributed by atoms with van der Waals surface area (Å²) >= 11 is 0. The number of hydrogen-bond donors (Lipinski definition) is 0. The van der Waals surface area contributed by atoms with Gasteiger partial charge in [0.25, 0.3) is 0 Å². The van der Waals surface area contributed by atoms with Crippen molar-refractivity contribution in [2.45, 2.75) is 78.1 Å². The second-order valence-electron chi connectivity index (χ2n) is 4.51. The number of hydrogen-bond acceptors (Lipinski definition) is 0. The maximum Gasteiger partial charge on any atom is -0.0316 e. The van der Waals surface area contributed by atoms with Gasteiger partial charge in [-0.25, -0.2) is 0 Å². The molecule has 0 heterocycles. The lowest BCUT2D eigenvalue weighted by Gasteiger charge is -1.92. The molecule has 0 atom stereocenters. The highest BCUT2D eigenvalue weighted by molar-refractivity contribution is 4.87. The molecule has 0 heteroatoms. The molecular weight excluding hydrogens is 192 g/mol. The Morgan fingerprint density at radius 3 is 1.25 bits per heavy atom. The van der Waals surface area contributed by atoms with Gasteiger partial charge in [0.05, 0.1) is 0 Å². The average molecular weight is 222 g/mol. The maximum absolute atomic E-state index is 2.35. The van der Waals surface area contributed by atoms with E-state index < -0.39 is 0 Å². The van der Waals surface area contributed by atoms with Crippen molar-refractivity contribution < 1.29 is 0 Å². The van der Waals surface area contributed by atoms with E-state index in [9.17, 15) is 0 Å². The van der Waals surface area contributed by atoms with Gasteiger partial charge in [-0.3, -0.25) is 0 Å². The minimum absolute atomic E-state index is 1.22. The molecule has 0 unspecified atom stereocenters. The highest BCUT2D eigenvalue weighted by Crippen LogP contribution is 2.03. The van der Waals surface area contributed by atoms with Crippen molar-refractivity contribution >= 4 is 0 Å². The zero-order valence-corrected chi connectivity index (χ0v) is 11.4. The first kappa shape index (κ1) is 15.5. The first-order valence-corrected chi connectivity index (χ1v) is 7.21. The highest BCUT2D eigenvalue weighted by Gasteiger charge is 1.83. The second-order valence-corrected chi connectivity index (χ2v) is 4.51. The average Bonchev–Trinajstić information content (AvgIpc) is 2.31. The van der Waals surface area contributed by atoms with Crippen LogP contribution in [0.25, 0.3) is 0 Å². The Morgan fingerprint density at radius 2 is 0.875 bits per heavy atom. The van der Waals surface area contributed by atoms with Crippen molar-refractivity contribution in [2.24, 2.45) is 0 Å². The van der Waals surface area contributed by atoms with Crippen molar-refractivity contribution in [1.82, 2.24) is 0 Å². The van der Waals surface area contributed by atoms with Crippen LogP contribution >= 0.6 is 0 Å². The summed E-state index contributed by atoms with van der Waals surface area (Å²) in [6.45, 7) is 4.51. The van der Waals surface area contributed by atoms with E-state index in [-0.39, 0.29) is 0 Å². The van der Waals surface area contributed by atoms with Gasteiger partial charge in [-0.1, -0.05) is 63.8 Å². The molecule has 0 fully saturated rings. The lowest BCUT2D eigenvalue weighted by atomic mass is 10.1. The summed E-state index contributed by atoms with van der Waals surface area (Å²) in [6.07, 6.45) is 22.5. The summed E-state index contributed by atoms with van der Waals surface area (Å²) in [5.41, 5.74) is 0. The fourth-order valence-corrected chi connectivity index (χ4v) is 1.69. The molecule has 0 aliphatic rings. The maximum atomic E-state index is 2.35. The molecule has 0 saturated carbocycles. The zero-order valence-electron chi connectivity index (χ0n) is 11.4. The van der Waals surface area contributed by atoms with Gasteiger partial charge < -0.3 is 0 Å². The van der Waals surface area contributed by atoms with Crippen LogP contribution in [0.5, 0.6) is 0 Å². The Balaban J connectivity index is 3.12. The molecular formula is C16H30. The third kappa shape index (κ3) is 13.5. The van der Waals surface area contributed by atoms with Crippen LogP contribution < -0.4 is 0 Å². The minimum Gasteiger partial charge on any atom is -0.0885 e. The van der Waals surface area contributed by atoms with Crippen molar-refractivity contribution in [3.63, 3.8) is 0 Å². The van der Waals surface area contributed by atoms with Gasteiger partial charge in [-0.2, -0.15) is 0 Å². The zero-order chi connectivity index (χ0) is 11.9. The van der Waals surface area contributed by atoms with E-state index >= 15 is 0 Å². The van der Waals surface area contributed by atoms with Gasteiger partial charge in [0.2, 0.25) is 0 Å². The minimum atomic E-state index is 1.22. The third-order valence-electron chi connectivity index (χ3n) is 2.78. The van der Waals surface area contributed by atoms with E-state index in [1.165, 1.54) is 64.2 Å². The fraction of sp³-hybridized carbons (Fsp3) is 0.750. The van der Waals surface area contributed by atoms with Crippen LogP contribution in [0.3, 0.4) is 0 Å². The summed E-state index contributed by atoms with van der Waals surface area (Å²) in [6, 6.07) is 0. The van der Waals surface area contributed by atoms with Gasteiger partial charge in [0.1, 0.15) is 0 Å². The molecule has 0 aromatic rings. The van der Waals surface area contributed by atoms with Crippen LogP contribution in [-0.4, -0.2) is 0 Å². The van der Waals surface area contributed by atoms with Gasteiger partial charge in [-0.15, -0.1) is 0 Å². The lowest BCUT2D eigenvalue weighted by Crippen LogP contribution is -1.72. The topological polar surface area (TPSA) is 0 Å². The number of rotatable bonds is 11. The quantitative estimate of drug-likeness (QED) is 0.295. The molecule has 0 amide bonds. The van der Waals surface area contributed by atoms with Crippen LogP contribution in [0.4, 0.5) is 0 Å². The monoisotopic (exact) mass is 222 g/mol.